The van der Waals surface area contributed by atoms with Gasteiger partial charge in [0.15, 0.2) is 6.29 Å². The lowest BCUT2D eigenvalue weighted by atomic mass is 9.91. The molecule has 380 valence electrons. The molecule has 0 saturated carbocycles. The van der Waals surface area contributed by atoms with Crippen molar-refractivity contribution in [1.82, 2.24) is 4.90 Å². The number of ether oxygens (including phenoxy) is 6. The molecule has 9 heteroatoms. The summed E-state index contributed by atoms with van der Waals surface area (Å²) in [5, 5.41) is 0. The molecular weight excluding hydrogens is 803 g/mol. The number of hydrogen-bond acceptors (Lipinski definition) is 9. The monoisotopic (exact) mass is 910 g/mol. The zero-order valence-corrected chi connectivity index (χ0v) is 43.4. The van der Waals surface area contributed by atoms with Crippen LogP contribution in [0.25, 0.3) is 0 Å². The zero-order chi connectivity index (χ0) is 46.6. The highest BCUT2D eigenvalue weighted by Crippen LogP contribution is 2.29. The maximum Gasteiger partial charge on any atom is 0.508 e. The van der Waals surface area contributed by atoms with E-state index in [0.29, 0.717) is 0 Å². The van der Waals surface area contributed by atoms with Gasteiger partial charge in [-0.3, -0.25) is 0 Å². The van der Waals surface area contributed by atoms with Crippen LogP contribution in [0.2, 0.25) is 0 Å². The van der Waals surface area contributed by atoms with E-state index in [-0.39, 0.29) is 44.9 Å². The van der Waals surface area contributed by atoms with Crippen LogP contribution in [-0.4, -0.2) is 82.8 Å². The predicted molar refractivity (Wildman–Crippen MR) is 267 cm³/mol. The summed E-state index contributed by atoms with van der Waals surface area (Å²) in [6.45, 7) is 10.4. The van der Waals surface area contributed by atoms with Crippen LogP contribution in [0.15, 0.2) is 0 Å². The molecule has 0 bridgehead atoms. The van der Waals surface area contributed by atoms with Crippen molar-refractivity contribution in [1.29, 1.82) is 0 Å². The second-order valence-electron chi connectivity index (χ2n) is 20.1. The van der Waals surface area contributed by atoms with Gasteiger partial charge in [0.2, 0.25) is 0 Å². The Labute approximate surface area is 396 Å². The molecule has 1 rings (SSSR count). The molecule has 1 aliphatic heterocycles. The van der Waals surface area contributed by atoms with Gasteiger partial charge in [-0.1, -0.05) is 207 Å². The van der Waals surface area contributed by atoms with Gasteiger partial charge >= 0.3 is 12.3 Å². The van der Waals surface area contributed by atoms with Crippen molar-refractivity contribution in [3.8, 4) is 0 Å². The Morgan fingerprint density at radius 2 is 0.734 bits per heavy atom. The first-order valence-electron chi connectivity index (χ1n) is 27.8. The van der Waals surface area contributed by atoms with Crippen LogP contribution >= 0.6 is 0 Å². The van der Waals surface area contributed by atoms with Crippen LogP contribution < -0.4 is 0 Å². The summed E-state index contributed by atoms with van der Waals surface area (Å²) in [6.07, 6.45) is 43.0. The Morgan fingerprint density at radius 3 is 1.02 bits per heavy atom. The van der Waals surface area contributed by atoms with Crippen LogP contribution in [0.4, 0.5) is 9.59 Å². The lowest BCUT2D eigenvalue weighted by Gasteiger charge is -2.38. The fourth-order valence-electron chi connectivity index (χ4n) is 8.89. The topological polar surface area (TPSA) is 92.8 Å². The van der Waals surface area contributed by atoms with Crippen molar-refractivity contribution < 1.29 is 38.0 Å². The molecule has 0 aromatic rings. The van der Waals surface area contributed by atoms with Crippen LogP contribution in [0, 0.1) is 5.41 Å². The predicted octanol–water partition coefficient (Wildman–Crippen LogP) is 16.9. The average molecular weight is 910 g/mol. The fourth-order valence-corrected chi connectivity index (χ4v) is 8.89. The Hall–Kier alpha value is -1.58. The van der Waals surface area contributed by atoms with Gasteiger partial charge in [-0.25, -0.2) is 9.59 Å². The first-order valence-corrected chi connectivity index (χ1v) is 27.8. The standard InChI is InChI=1S/C55H107NO8/c1-7-11-15-19-23-27-31-35-40-50(41-36-32-28-24-20-16-12-8-2)63-53(57)61-48-55(46-59-52(60-47-55)44-39-45-56(5)6)49-62-54(58)64-51(42-37-33-29-25-21-17-13-9-3)43-38-34-30-26-22-18-14-10-4/h50-52H,7-49H2,1-6H3. The molecule has 0 radical (unpaired) electrons. The van der Waals surface area contributed by atoms with Crippen molar-refractivity contribution in [2.45, 2.75) is 290 Å². The quantitative estimate of drug-likeness (QED) is 0.0437. The molecule has 0 aromatic carbocycles. The number of carbonyl (C=O) groups excluding carboxylic acids is 2. The summed E-state index contributed by atoms with van der Waals surface area (Å²) in [6, 6.07) is 0. The highest BCUT2D eigenvalue weighted by Gasteiger charge is 2.41. The minimum atomic E-state index is -0.855. The SMILES string of the molecule is CCCCCCCCCCC(CCCCCCCCCC)OC(=O)OCC1(COC(=O)OC(CCCCCCCCCC)CCCCCCCCCC)COC(CCCN(C)C)OC1. The van der Waals surface area contributed by atoms with Crippen LogP contribution in [0.3, 0.4) is 0 Å². The number of unbranched alkanes of at least 4 members (excludes halogenated alkanes) is 28. The number of carbonyl (C=O) groups is 2. The summed E-state index contributed by atoms with van der Waals surface area (Å²) in [7, 11) is 4.12. The van der Waals surface area contributed by atoms with Crippen molar-refractivity contribution in [2.75, 3.05) is 47.1 Å². The van der Waals surface area contributed by atoms with Crippen LogP contribution in [0.1, 0.15) is 272 Å². The van der Waals surface area contributed by atoms with Gasteiger partial charge in [-0.05, 0) is 84.8 Å². The highest BCUT2D eigenvalue weighted by molar-refractivity contribution is 5.60. The maximum absolute atomic E-state index is 13.4. The first-order chi connectivity index (χ1) is 31.3. The fraction of sp³-hybridized carbons (Fsp3) is 0.964. The molecule has 0 spiro atoms. The van der Waals surface area contributed by atoms with Gasteiger partial charge in [0, 0.05) is 0 Å². The summed E-state index contributed by atoms with van der Waals surface area (Å²) in [5.41, 5.74) is -0.855. The van der Waals surface area contributed by atoms with Gasteiger partial charge in [0.05, 0.1) is 18.6 Å². The molecule has 0 aromatic heterocycles. The molecular formula is C55H107NO8. The smallest absolute Gasteiger partial charge is 0.433 e. The number of hydrogen-bond donors (Lipinski definition) is 0. The average Bonchev–Trinajstić information content (AvgIpc) is 3.28. The Bertz CT molecular complexity index is 914. The third-order valence-electron chi connectivity index (χ3n) is 13.2. The minimum absolute atomic E-state index is 0.0221. The second-order valence-corrected chi connectivity index (χ2v) is 20.1. The van der Waals surface area contributed by atoms with E-state index >= 15 is 0 Å². The van der Waals surface area contributed by atoms with Gasteiger partial charge in [-0.2, -0.15) is 0 Å². The molecule has 1 saturated heterocycles. The first kappa shape index (κ1) is 60.4. The molecule has 0 N–H and O–H groups in total. The van der Waals surface area contributed by atoms with E-state index < -0.39 is 17.7 Å². The number of rotatable bonds is 46. The van der Waals surface area contributed by atoms with Crippen LogP contribution in [0.5, 0.6) is 0 Å². The molecule has 0 unspecified atom stereocenters. The van der Waals surface area contributed by atoms with Crippen molar-refractivity contribution in [3.05, 3.63) is 0 Å². The van der Waals surface area contributed by atoms with E-state index in [1.807, 2.05) is 0 Å². The Balaban J connectivity index is 2.87. The molecule has 0 amide bonds. The van der Waals surface area contributed by atoms with Crippen molar-refractivity contribution in [2.24, 2.45) is 5.41 Å². The summed E-state index contributed by atoms with van der Waals surface area (Å²) < 4.78 is 36.4. The molecule has 1 fully saturated rings. The summed E-state index contributed by atoms with van der Waals surface area (Å²) in [4.78, 5) is 29.0. The number of nitrogens with zero attached hydrogens (tertiary/aromatic N) is 1. The molecule has 0 atom stereocenters. The van der Waals surface area contributed by atoms with E-state index in [4.69, 9.17) is 28.4 Å². The van der Waals surface area contributed by atoms with Gasteiger partial charge in [0.1, 0.15) is 25.4 Å². The minimum Gasteiger partial charge on any atom is -0.433 e. The van der Waals surface area contributed by atoms with E-state index in [0.717, 1.165) is 70.8 Å². The third-order valence-corrected chi connectivity index (χ3v) is 13.2. The van der Waals surface area contributed by atoms with Crippen LogP contribution in [-0.2, 0) is 28.4 Å². The molecule has 64 heavy (non-hydrogen) atoms. The molecule has 0 aliphatic carbocycles. The van der Waals surface area contributed by atoms with E-state index in [1.165, 1.54) is 180 Å². The third kappa shape index (κ3) is 36.5. The second kappa shape index (κ2) is 44.0. The molecule has 9 nitrogen and oxygen atoms in total. The van der Waals surface area contributed by atoms with Gasteiger partial charge in [0.25, 0.3) is 0 Å². The van der Waals surface area contributed by atoms with Gasteiger partial charge < -0.3 is 33.3 Å². The molecule has 1 heterocycles. The van der Waals surface area contributed by atoms with E-state index in [1.54, 1.807) is 0 Å². The van der Waals surface area contributed by atoms with Crippen molar-refractivity contribution >= 4 is 12.3 Å². The van der Waals surface area contributed by atoms with E-state index in [9.17, 15) is 9.59 Å². The lowest BCUT2D eigenvalue weighted by molar-refractivity contribution is -0.247. The van der Waals surface area contributed by atoms with Gasteiger partial charge in [-0.15, -0.1) is 0 Å². The molecule has 1 aliphatic rings. The maximum atomic E-state index is 13.4. The van der Waals surface area contributed by atoms with E-state index in [2.05, 4.69) is 46.7 Å². The highest BCUT2D eigenvalue weighted by atomic mass is 16.7. The lowest BCUT2D eigenvalue weighted by Crippen LogP contribution is -2.49. The Kier molecular flexibility index (Phi) is 41.5. The summed E-state index contributed by atoms with van der Waals surface area (Å²) in [5.74, 6) is 0. The van der Waals surface area contributed by atoms with Crippen molar-refractivity contribution in [3.63, 3.8) is 0 Å². The zero-order valence-electron chi connectivity index (χ0n) is 43.4. The largest absolute Gasteiger partial charge is 0.508 e. The summed E-state index contributed by atoms with van der Waals surface area (Å²) >= 11 is 0. The normalized spacial score (nSPS) is 14.2. The Morgan fingerprint density at radius 1 is 0.453 bits per heavy atom.